The Kier molecular flexibility index (Phi) is 4.09. The highest BCUT2D eigenvalue weighted by molar-refractivity contribution is 6.08. The molecule has 2 aromatic carbocycles. The average Bonchev–Trinajstić information content (AvgIpc) is 2.67. The molecule has 1 radical (unpaired) electrons. The number of para-hydroxylation sites is 1. The summed E-state index contributed by atoms with van der Waals surface area (Å²) in [6, 6.07) is 15.8. The van der Waals surface area contributed by atoms with Gasteiger partial charge in [-0.15, -0.1) is 0 Å². The Labute approximate surface area is 151 Å². The fourth-order valence-electron chi connectivity index (χ4n) is 3.35. The lowest BCUT2D eigenvalue weighted by atomic mass is 9.98. The van der Waals surface area contributed by atoms with Crippen LogP contribution in [0.25, 0.3) is 21.8 Å². The molecule has 2 aromatic heterocycles. The highest BCUT2D eigenvalue weighted by Crippen LogP contribution is 2.27. The van der Waals surface area contributed by atoms with Gasteiger partial charge in [-0.2, -0.15) is 0 Å². The summed E-state index contributed by atoms with van der Waals surface area (Å²) in [5.74, 6) is 0.460. The van der Waals surface area contributed by atoms with E-state index in [1.807, 2.05) is 61.9 Å². The third-order valence-electron chi connectivity index (χ3n) is 4.77. The number of hydrogen-bond donors (Lipinski definition) is 1. The molecule has 0 saturated heterocycles. The van der Waals surface area contributed by atoms with E-state index in [2.05, 4.69) is 16.0 Å². The van der Waals surface area contributed by atoms with Gasteiger partial charge in [0.25, 0.3) is 0 Å². The number of pyridine rings is 2. The minimum atomic E-state index is 0.460. The van der Waals surface area contributed by atoms with Crippen LogP contribution >= 0.6 is 0 Å². The van der Waals surface area contributed by atoms with E-state index >= 15 is 0 Å². The maximum absolute atomic E-state index is 10.8. The van der Waals surface area contributed by atoms with Crippen molar-refractivity contribution >= 4 is 33.9 Å². The van der Waals surface area contributed by atoms with E-state index in [-0.39, 0.29) is 0 Å². The van der Waals surface area contributed by atoms with Gasteiger partial charge in [0.05, 0.1) is 5.52 Å². The quantitative estimate of drug-likeness (QED) is 0.572. The van der Waals surface area contributed by atoms with Gasteiger partial charge in [0.15, 0.2) is 5.82 Å². The number of nitrogen functional groups attached to an aromatic ring is 1. The van der Waals surface area contributed by atoms with E-state index in [1.165, 1.54) is 5.56 Å². The molecular weight excluding hydrogens is 322 g/mol. The van der Waals surface area contributed by atoms with Crippen molar-refractivity contribution in [2.45, 2.75) is 19.8 Å². The topological polar surface area (TPSA) is 68.9 Å². The lowest BCUT2D eigenvalue weighted by Gasteiger charge is -2.09. The van der Waals surface area contributed by atoms with Crippen LogP contribution in [0.1, 0.15) is 22.3 Å². The van der Waals surface area contributed by atoms with Crippen molar-refractivity contribution < 1.29 is 4.79 Å². The van der Waals surface area contributed by atoms with E-state index in [1.54, 1.807) is 0 Å². The Morgan fingerprint density at radius 1 is 1.04 bits per heavy atom. The SMILES string of the molecule is Cc1cc([C]=O)ccc1CCc1cnc2c(N)nc3ccccc3c2c1. The molecule has 2 heterocycles. The Hall–Kier alpha value is -3.27. The first-order valence-electron chi connectivity index (χ1n) is 8.56. The van der Waals surface area contributed by atoms with Crippen molar-refractivity contribution in [3.05, 3.63) is 77.0 Å². The largest absolute Gasteiger partial charge is 0.382 e. The fraction of sp³-hybridized carbons (Fsp3) is 0.136. The molecule has 0 amide bonds. The van der Waals surface area contributed by atoms with E-state index in [0.29, 0.717) is 11.4 Å². The molecular formula is C22H18N3O. The van der Waals surface area contributed by atoms with Gasteiger partial charge in [-0.25, -0.2) is 4.98 Å². The summed E-state index contributed by atoms with van der Waals surface area (Å²) >= 11 is 0. The third-order valence-corrected chi connectivity index (χ3v) is 4.77. The number of rotatable bonds is 4. The Morgan fingerprint density at radius 3 is 2.69 bits per heavy atom. The smallest absolute Gasteiger partial charge is 0.233 e. The second-order valence-electron chi connectivity index (χ2n) is 6.50. The lowest BCUT2D eigenvalue weighted by molar-refractivity contribution is 0.562. The molecule has 4 nitrogen and oxygen atoms in total. The Bertz CT molecular complexity index is 1130. The number of fused-ring (bicyclic) bond motifs is 3. The standard InChI is InChI=1S/C22H18N3O/c1-14-10-16(13-26)7-9-17(14)8-6-15-11-19-18-4-2-3-5-20(18)25-22(23)21(19)24-12-15/h2-5,7,9-12H,6,8H2,1H3,(H2,23,25). The molecule has 0 aliphatic heterocycles. The van der Waals surface area contributed by atoms with Crippen molar-refractivity contribution in [1.82, 2.24) is 9.97 Å². The monoisotopic (exact) mass is 340 g/mol. The zero-order chi connectivity index (χ0) is 18.1. The highest BCUT2D eigenvalue weighted by Gasteiger charge is 2.09. The van der Waals surface area contributed by atoms with Crippen molar-refractivity contribution in [2.24, 2.45) is 0 Å². The molecule has 0 fully saturated rings. The summed E-state index contributed by atoms with van der Waals surface area (Å²) in [4.78, 5) is 19.8. The molecule has 26 heavy (non-hydrogen) atoms. The second kappa shape index (κ2) is 6.56. The van der Waals surface area contributed by atoms with Gasteiger partial charge in [0.2, 0.25) is 6.29 Å². The minimum absolute atomic E-state index is 0.460. The second-order valence-corrected chi connectivity index (χ2v) is 6.50. The molecule has 0 bridgehead atoms. The number of nitrogens with two attached hydrogens (primary N) is 1. The summed E-state index contributed by atoms with van der Waals surface area (Å²) < 4.78 is 0. The van der Waals surface area contributed by atoms with Crippen molar-refractivity contribution in [1.29, 1.82) is 0 Å². The lowest BCUT2D eigenvalue weighted by Crippen LogP contribution is -1.99. The normalized spacial score (nSPS) is 11.1. The summed E-state index contributed by atoms with van der Waals surface area (Å²) in [5.41, 5.74) is 11.8. The van der Waals surface area contributed by atoms with E-state index in [9.17, 15) is 4.79 Å². The van der Waals surface area contributed by atoms with E-state index in [0.717, 1.165) is 45.8 Å². The molecule has 0 aliphatic rings. The summed E-state index contributed by atoms with van der Waals surface area (Å²) in [7, 11) is 0. The minimum Gasteiger partial charge on any atom is -0.382 e. The molecule has 127 valence electrons. The molecule has 2 N–H and O–H groups in total. The number of carbonyl (C=O) groups excluding carboxylic acids is 1. The molecule has 0 saturated carbocycles. The number of aromatic nitrogens is 2. The predicted octanol–water partition coefficient (Wildman–Crippen LogP) is 3.92. The van der Waals surface area contributed by atoms with Crippen molar-refractivity contribution in [2.75, 3.05) is 5.73 Å². The fourth-order valence-corrected chi connectivity index (χ4v) is 3.35. The summed E-state index contributed by atoms with van der Waals surface area (Å²) in [5, 5.41) is 2.10. The van der Waals surface area contributed by atoms with Crippen LogP contribution < -0.4 is 5.73 Å². The van der Waals surface area contributed by atoms with Crippen LogP contribution in [0.3, 0.4) is 0 Å². The van der Waals surface area contributed by atoms with Crippen molar-refractivity contribution in [3.8, 4) is 0 Å². The number of benzene rings is 2. The first kappa shape index (κ1) is 16.2. The Balaban J connectivity index is 1.69. The molecule has 4 heteroatoms. The third kappa shape index (κ3) is 2.90. The van der Waals surface area contributed by atoms with Crippen LogP contribution in [-0.4, -0.2) is 16.3 Å². The van der Waals surface area contributed by atoms with Gasteiger partial charge < -0.3 is 5.73 Å². The van der Waals surface area contributed by atoms with Gasteiger partial charge in [-0.3, -0.25) is 9.78 Å². The Morgan fingerprint density at radius 2 is 1.88 bits per heavy atom. The highest BCUT2D eigenvalue weighted by atomic mass is 16.1. The predicted molar refractivity (Wildman–Crippen MR) is 105 cm³/mol. The molecule has 4 aromatic rings. The number of hydrogen-bond acceptors (Lipinski definition) is 4. The van der Waals surface area contributed by atoms with Gasteiger partial charge in [0, 0.05) is 22.5 Å². The average molecular weight is 340 g/mol. The first-order chi connectivity index (χ1) is 12.7. The van der Waals surface area contributed by atoms with Crippen molar-refractivity contribution in [3.63, 3.8) is 0 Å². The van der Waals surface area contributed by atoms with Crippen LogP contribution in [0.4, 0.5) is 5.82 Å². The molecule has 4 rings (SSSR count). The van der Waals surface area contributed by atoms with E-state index < -0.39 is 0 Å². The molecule has 0 aliphatic carbocycles. The summed E-state index contributed by atoms with van der Waals surface area (Å²) in [6.07, 6.45) is 5.56. The van der Waals surface area contributed by atoms with Gasteiger partial charge >= 0.3 is 0 Å². The maximum atomic E-state index is 10.8. The van der Waals surface area contributed by atoms with Gasteiger partial charge in [0.1, 0.15) is 5.52 Å². The zero-order valence-corrected chi connectivity index (χ0v) is 14.5. The first-order valence-corrected chi connectivity index (χ1v) is 8.56. The number of nitrogens with zero attached hydrogens (tertiary/aromatic N) is 2. The molecule has 0 unspecified atom stereocenters. The van der Waals surface area contributed by atoms with Crippen LogP contribution in [0.2, 0.25) is 0 Å². The number of anilines is 1. The summed E-state index contributed by atoms with van der Waals surface area (Å²) in [6.45, 7) is 2.02. The number of aryl methyl sites for hydroxylation is 3. The maximum Gasteiger partial charge on any atom is 0.233 e. The van der Waals surface area contributed by atoms with Gasteiger partial charge in [-0.05, 0) is 54.7 Å². The zero-order valence-electron chi connectivity index (χ0n) is 14.5. The van der Waals surface area contributed by atoms with Crippen LogP contribution in [-0.2, 0) is 17.6 Å². The molecule has 0 spiro atoms. The van der Waals surface area contributed by atoms with E-state index in [4.69, 9.17) is 5.73 Å². The van der Waals surface area contributed by atoms with Crippen LogP contribution in [0.5, 0.6) is 0 Å². The molecule has 0 atom stereocenters. The van der Waals surface area contributed by atoms with Gasteiger partial charge in [-0.1, -0.05) is 30.3 Å². The van der Waals surface area contributed by atoms with Crippen LogP contribution in [0.15, 0.2) is 54.7 Å². The van der Waals surface area contributed by atoms with Crippen LogP contribution in [0, 0.1) is 6.92 Å².